The van der Waals surface area contributed by atoms with Crippen LogP contribution in [0, 0.1) is 0 Å². The zero-order valence-electron chi connectivity index (χ0n) is 14.9. The second kappa shape index (κ2) is 9.94. The van der Waals surface area contributed by atoms with Crippen LogP contribution in [0.5, 0.6) is 11.5 Å². The van der Waals surface area contributed by atoms with Crippen molar-refractivity contribution >= 4 is 8.46 Å². The summed E-state index contributed by atoms with van der Waals surface area (Å²) in [5.74, 6) is 0.636. The van der Waals surface area contributed by atoms with Gasteiger partial charge in [0.15, 0.2) is 8.46 Å². The molecule has 0 heterocycles. The Hall–Kier alpha value is -2.38. The van der Waals surface area contributed by atoms with Gasteiger partial charge in [0.25, 0.3) is 0 Å². The number of phenolic OH excluding ortho intramolecular Hbond substituents is 2. The van der Waals surface area contributed by atoms with Crippen LogP contribution in [0.25, 0.3) is 0 Å². The molecule has 3 nitrogen and oxygen atoms in total. The van der Waals surface area contributed by atoms with Crippen molar-refractivity contribution in [1.29, 1.82) is 0 Å². The molecule has 2 rings (SSSR count). The highest BCUT2D eigenvalue weighted by Crippen LogP contribution is 2.34. The van der Waals surface area contributed by atoms with Gasteiger partial charge in [-0.2, -0.15) is 0 Å². The third-order valence-corrected chi connectivity index (χ3v) is 4.98. The second-order valence-corrected chi connectivity index (χ2v) is 7.01. The Morgan fingerprint density at radius 2 is 1.42 bits per heavy atom. The fourth-order valence-corrected chi connectivity index (χ4v) is 3.48. The van der Waals surface area contributed by atoms with E-state index in [4.69, 9.17) is 0 Å². The van der Waals surface area contributed by atoms with Crippen molar-refractivity contribution in [2.24, 2.45) is 0 Å². The zero-order valence-corrected chi connectivity index (χ0v) is 15.8. The second-order valence-electron chi connectivity index (χ2n) is 6.31. The van der Waals surface area contributed by atoms with E-state index < -0.39 is 0 Å². The molecule has 2 N–H and O–H groups in total. The molecule has 0 aliphatic carbocycles. The quantitative estimate of drug-likeness (QED) is 0.318. The normalized spacial score (nSPS) is 11.0. The van der Waals surface area contributed by atoms with Gasteiger partial charge in [-0.15, -0.1) is 13.2 Å². The Labute approximate surface area is 156 Å². The number of rotatable bonds is 10. The highest BCUT2D eigenvalue weighted by Gasteiger charge is 2.17. The van der Waals surface area contributed by atoms with Crippen molar-refractivity contribution in [3.63, 3.8) is 0 Å². The molecule has 2 aromatic rings. The van der Waals surface area contributed by atoms with Crippen LogP contribution in [-0.2, 0) is 17.4 Å². The molecule has 2 aromatic carbocycles. The van der Waals surface area contributed by atoms with Gasteiger partial charge in [-0.25, -0.2) is 0 Å². The number of phenols is 2. The molecule has 0 aliphatic heterocycles. The SMILES string of the molecule is C=CCc1cc(C(CCCP=O)c2ccc(O)c(CC=C)c2)ccc1O. The van der Waals surface area contributed by atoms with Gasteiger partial charge in [0.05, 0.1) is 0 Å². The summed E-state index contributed by atoms with van der Waals surface area (Å²) in [4.78, 5) is 0. The first-order chi connectivity index (χ1) is 12.6. The number of hydrogen-bond acceptors (Lipinski definition) is 3. The number of allylic oxidation sites excluding steroid dienone is 2. The highest BCUT2D eigenvalue weighted by atomic mass is 31.1. The van der Waals surface area contributed by atoms with Crippen LogP contribution < -0.4 is 0 Å². The first-order valence-electron chi connectivity index (χ1n) is 8.75. The van der Waals surface area contributed by atoms with Gasteiger partial charge >= 0.3 is 0 Å². The number of benzene rings is 2. The van der Waals surface area contributed by atoms with Crippen LogP contribution in [0.4, 0.5) is 0 Å². The van der Waals surface area contributed by atoms with Crippen LogP contribution in [0.2, 0.25) is 0 Å². The summed E-state index contributed by atoms with van der Waals surface area (Å²) in [5.41, 5.74) is 3.87. The first-order valence-corrected chi connectivity index (χ1v) is 9.75. The van der Waals surface area contributed by atoms with E-state index >= 15 is 0 Å². The van der Waals surface area contributed by atoms with E-state index in [2.05, 4.69) is 13.2 Å². The van der Waals surface area contributed by atoms with Gasteiger partial charge in [-0.05, 0) is 60.1 Å². The third kappa shape index (κ3) is 5.06. The summed E-state index contributed by atoms with van der Waals surface area (Å²) < 4.78 is 10.8. The van der Waals surface area contributed by atoms with Crippen LogP contribution in [0.3, 0.4) is 0 Å². The number of hydrogen-bond donors (Lipinski definition) is 2. The lowest BCUT2D eigenvalue weighted by atomic mass is 9.85. The summed E-state index contributed by atoms with van der Waals surface area (Å²) in [6.07, 6.45) is 7.02. The van der Waals surface area contributed by atoms with E-state index in [1.54, 1.807) is 24.3 Å². The molecule has 0 fully saturated rings. The monoisotopic (exact) mass is 368 g/mol. The lowest BCUT2D eigenvalue weighted by Crippen LogP contribution is -2.04. The standard InChI is InChI=1S/C22H25O3P/c1-3-6-18-14-16(9-11-21(18)23)20(8-5-13-26-25)17-10-12-22(24)19(15-17)7-4-2/h3-4,9-12,14-15,20,23-24H,1-2,5-8,13H2. The average Bonchev–Trinajstić information content (AvgIpc) is 2.63. The van der Waals surface area contributed by atoms with E-state index in [-0.39, 0.29) is 25.9 Å². The van der Waals surface area contributed by atoms with E-state index in [0.717, 1.165) is 35.1 Å². The fourth-order valence-electron chi connectivity index (χ4n) is 3.17. The molecular formula is C22H25O3P. The number of aromatic hydroxyl groups is 2. The molecule has 0 saturated carbocycles. The zero-order chi connectivity index (χ0) is 18.9. The van der Waals surface area contributed by atoms with Crippen molar-refractivity contribution < 1.29 is 14.8 Å². The molecule has 0 aromatic heterocycles. The summed E-state index contributed by atoms with van der Waals surface area (Å²) >= 11 is 0. The molecule has 0 atom stereocenters. The minimum absolute atomic E-state index is 0.102. The van der Waals surface area contributed by atoms with Gasteiger partial charge < -0.3 is 10.2 Å². The van der Waals surface area contributed by atoms with Gasteiger partial charge in [0, 0.05) is 12.1 Å². The summed E-state index contributed by atoms with van der Waals surface area (Å²) in [6, 6.07) is 11.3. The maximum absolute atomic E-state index is 10.8. The maximum atomic E-state index is 10.8. The predicted octanol–water partition coefficient (Wildman–Crippen LogP) is 5.76. The first kappa shape index (κ1) is 19.9. The Kier molecular flexibility index (Phi) is 7.62. The third-order valence-electron chi connectivity index (χ3n) is 4.48. The van der Waals surface area contributed by atoms with E-state index in [1.165, 1.54) is 0 Å². The smallest absolute Gasteiger partial charge is 0.155 e. The van der Waals surface area contributed by atoms with Crippen molar-refractivity contribution in [3.8, 4) is 11.5 Å². The summed E-state index contributed by atoms with van der Waals surface area (Å²) in [6.45, 7) is 7.50. The van der Waals surface area contributed by atoms with E-state index in [9.17, 15) is 14.8 Å². The van der Waals surface area contributed by atoms with E-state index in [0.29, 0.717) is 19.0 Å². The average molecular weight is 368 g/mol. The van der Waals surface area contributed by atoms with Crippen LogP contribution in [-0.4, -0.2) is 16.4 Å². The van der Waals surface area contributed by atoms with E-state index in [1.807, 2.05) is 24.3 Å². The molecule has 0 spiro atoms. The minimum Gasteiger partial charge on any atom is -0.508 e. The van der Waals surface area contributed by atoms with Crippen molar-refractivity contribution in [2.75, 3.05) is 6.16 Å². The van der Waals surface area contributed by atoms with Crippen LogP contribution >= 0.6 is 8.46 Å². The van der Waals surface area contributed by atoms with Crippen molar-refractivity contribution in [3.05, 3.63) is 84.0 Å². The van der Waals surface area contributed by atoms with Gasteiger partial charge in [-0.1, -0.05) is 36.4 Å². The molecule has 0 aliphatic rings. The summed E-state index contributed by atoms with van der Waals surface area (Å²) in [7, 11) is 0.156. The Balaban J connectivity index is 2.44. The van der Waals surface area contributed by atoms with Gasteiger partial charge in [0.2, 0.25) is 0 Å². The van der Waals surface area contributed by atoms with Crippen molar-refractivity contribution in [2.45, 2.75) is 31.6 Å². The highest BCUT2D eigenvalue weighted by molar-refractivity contribution is 7.23. The molecule has 0 amide bonds. The Morgan fingerprint density at radius 3 is 1.85 bits per heavy atom. The topological polar surface area (TPSA) is 57.5 Å². The van der Waals surface area contributed by atoms with Crippen molar-refractivity contribution in [1.82, 2.24) is 0 Å². The largest absolute Gasteiger partial charge is 0.508 e. The van der Waals surface area contributed by atoms with Gasteiger partial charge in [0.1, 0.15) is 11.5 Å². The summed E-state index contributed by atoms with van der Waals surface area (Å²) in [5, 5.41) is 20.1. The molecule has 0 radical (unpaired) electrons. The Bertz CT molecular complexity index is 723. The molecule has 0 unspecified atom stereocenters. The predicted molar refractivity (Wildman–Crippen MR) is 108 cm³/mol. The molecule has 136 valence electrons. The van der Waals surface area contributed by atoms with Crippen LogP contribution in [0.15, 0.2) is 61.7 Å². The molecule has 26 heavy (non-hydrogen) atoms. The van der Waals surface area contributed by atoms with Crippen LogP contribution in [0.1, 0.15) is 41.0 Å². The van der Waals surface area contributed by atoms with Gasteiger partial charge in [-0.3, -0.25) is 4.57 Å². The molecule has 0 bridgehead atoms. The molecule has 0 saturated heterocycles. The maximum Gasteiger partial charge on any atom is 0.155 e. The molecule has 4 heteroatoms. The molecular weight excluding hydrogens is 343 g/mol. The fraction of sp³-hybridized carbons (Fsp3) is 0.273. The minimum atomic E-state index is 0.102. The lowest BCUT2D eigenvalue weighted by molar-refractivity contribution is 0.469. The Morgan fingerprint density at radius 1 is 0.923 bits per heavy atom. The lowest BCUT2D eigenvalue weighted by Gasteiger charge is -2.20.